The number of fused-ring (bicyclic) bond motifs is 1. The number of carbonyl (C=O) groups is 1. The molecule has 0 bridgehead atoms. The number of ether oxygens (including phenoxy) is 1. The lowest BCUT2D eigenvalue weighted by molar-refractivity contribution is -0.150. The van der Waals surface area contributed by atoms with Crippen molar-refractivity contribution in [2.45, 2.75) is 6.10 Å². The molecule has 2 aromatic rings. The average molecular weight is 234 g/mol. The number of esters is 1. The van der Waals surface area contributed by atoms with Crippen LogP contribution in [-0.4, -0.2) is 26.0 Å². The summed E-state index contributed by atoms with van der Waals surface area (Å²) in [4.78, 5) is 11.9. The van der Waals surface area contributed by atoms with Crippen molar-refractivity contribution in [2.75, 3.05) is 7.11 Å². The van der Waals surface area contributed by atoms with Gasteiger partial charge in [0, 0.05) is 9.58 Å². The van der Waals surface area contributed by atoms with Crippen LogP contribution in [0.3, 0.4) is 0 Å². The molecule has 0 aliphatic rings. The van der Waals surface area contributed by atoms with E-state index in [9.17, 15) is 9.90 Å². The lowest BCUT2D eigenvalue weighted by atomic mass is 9.91. The van der Waals surface area contributed by atoms with Gasteiger partial charge in [0.15, 0.2) is 6.10 Å². The second-order valence-corrected chi connectivity index (χ2v) is 4.60. The SMILES string of the molecule is Bc1c(C(O)C(=O)OC)sc2ccccc12. The molecule has 1 unspecified atom stereocenters. The first-order valence-corrected chi connectivity index (χ1v) is 5.70. The van der Waals surface area contributed by atoms with Crippen LogP contribution in [0.5, 0.6) is 0 Å². The van der Waals surface area contributed by atoms with E-state index in [0.29, 0.717) is 4.88 Å². The molecular weight excluding hydrogens is 223 g/mol. The third-order valence-electron chi connectivity index (χ3n) is 2.55. The molecule has 16 heavy (non-hydrogen) atoms. The van der Waals surface area contributed by atoms with E-state index in [1.54, 1.807) is 0 Å². The average Bonchev–Trinajstić information content (AvgIpc) is 2.65. The fourth-order valence-electron chi connectivity index (χ4n) is 1.67. The standard InChI is InChI=1S/C11H11BO3S/c1-15-11(14)9(13)10-8(12)6-4-2-3-5-7(6)16-10/h2-5,9,13H,12H2,1H3. The monoisotopic (exact) mass is 234 g/mol. The van der Waals surface area contributed by atoms with Crippen molar-refractivity contribution in [2.24, 2.45) is 0 Å². The van der Waals surface area contributed by atoms with E-state index < -0.39 is 12.1 Å². The first-order valence-electron chi connectivity index (χ1n) is 4.89. The minimum Gasteiger partial charge on any atom is -0.467 e. The van der Waals surface area contributed by atoms with Crippen LogP contribution >= 0.6 is 11.3 Å². The van der Waals surface area contributed by atoms with E-state index in [1.807, 2.05) is 32.1 Å². The molecule has 1 aromatic carbocycles. The van der Waals surface area contributed by atoms with Crippen molar-refractivity contribution in [3.05, 3.63) is 29.1 Å². The Kier molecular flexibility index (Phi) is 2.98. The second kappa shape index (κ2) is 4.27. The quantitative estimate of drug-likeness (QED) is 0.603. The van der Waals surface area contributed by atoms with Crippen LogP contribution in [0.2, 0.25) is 0 Å². The maximum absolute atomic E-state index is 11.3. The zero-order valence-corrected chi connectivity index (χ0v) is 9.88. The fourth-order valence-corrected chi connectivity index (χ4v) is 2.86. The second-order valence-electron chi connectivity index (χ2n) is 3.51. The van der Waals surface area contributed by atoms with Crippen LogP contribution in [0.1, 0.15) is 11.0 Å². The number of aliphatic hydroxyl groups excluding tert-OH is 1. The maximum Gasteiger partial charge on any atom is 0.340 e. The summed E-state index contributed by atoms with van der Waals surface area (Å²) < 4.78 is 5.60. The minimum atomic E-state index is -1.18. The highest BCUT2D eigenvalue weighted by Gasteiger charge is 2.22. The zero-order valence-electron chi connectivity index (χ0n) is 9.06. The van der Waals surface area contributed by atoms with Crippen molar-refractivity contribution in [1.29, 1.82) is 0 Å². The lowest BCUT2D eigenvalue weighted by Crippen LogP contribution is -2.18. The van der Waals surface area contributed by atoms with E-state index in [1.165, 1.54) is 18.4 Å². The highest BCUT2D eigenvalue weighted by atomic mass is 32.1. The summed E-state index contributed by atoms with van der Waals surface area (Å²) in [6.07, 6.45) is -1.18. The summed E-state index contributed by atoms with van der Waals surface area (Å²) in [6, 6.07) is 7.83. The minimum absolute atomic E-state index is 0.616. The van der Waals surface area contributed by atoms with Crippen molar-refractivity contribution in [3.8, 4) is 0 Å². The number of hydrogen-bond acceptors (Lipinski definition) is 4. The van der Waals surface area contributed by atoms with E-state index >= 15 is 0 Å². The first kappa shape index (κ1) is 11.2. The van der Waals surface area contributed by atoms with Crippen molar-refractivity contribution in [1.82, 2.24) is 0 Å². The first-order chi connectivity index (χ1) is 7.65. The molecule has 0 radical (unpaired) electrons. The van der Waals surface area contributed by atoms with Gasteiger partial charge in [0.25, 0.3) is 0 Å². The molecule has 0 saturated carbocycles. The van der Waals surface area contributed by atoms with Gasteiger partial charge < -0.3 is 9.84 Å². The molecule has 1 heterocycles. The Labute approximate surface area is 98.1 Å². The largest absolute Gasteiger partial charge is 0.467 e. The smallest absolute Gasteiger partial charge is 0.340 e. The molecule has 0 aliphatic carbocycles. The Hall–Kier alpha value is -1.33. The number of aliphatic hydroxyl groups is 1. The molecule has 0 fully saturated rings. The number of benzene rings is 1. The summed E-state index contributed by atoms with van der Waals surface area (Å²) in [5.74, 6) is -0.616. The zero-order chi connectivity index (χ0) is 11.7. The third-order valence-corrected chi connectivity index (χ3v) is 3.88. The van der Waals surface area contributed by atoms with Gasteiger partial charge in [-0.1, -0.05) is 23.7 Å². The predicted octanol–water partition coefficient (Wildman–Crippen LogP) is 0.366. The van der Waals surface area contributed by atoms with Crippen molar-refractivity contribution >= 4 is 40.7 Å². The molecule has 2 rings (SSSR count). The van der Waals surface area contributed by atoms with Crippen LogP contribution in [0, 0.1) is 0 Å². The summed E-state index contributed by atoms with van der Waals surface area (Å²) >= 11 is 1.42. The number of methoxy groups -OCH3 is 1. The van der Waals surface area contributed by atoms with Gasteiger partial charge in [-0.25, -0.2) is 4.79 Å². The lowest BCUT2D eigenvalue weighted by Gasteiger charge is -2.06. The van der Waals surface area contributed by atoms with Gasteiger partial charge in [-0.3, -0.25) is 0 Å². The Morgan fingerprint density at radius 1 is 1.50 bits per heavy atom. The topological polar surface area (TPSA) is 46.5 Å². The van der Waals surface area contributed by atoms with Crippen molar-refractivity contribution < 1.29 is 14.6 Å². The molecular formula is C11H11BO3S. The van der Waals surface area contributed by atoms with Crippen LogP contribution in [0.4, 0.5) is 0 Å². The third kappa shape index (κ3) is 1.72. The van der Waals surface area contributed by atoms with Gasteiger partial charge in [-0.2, -0.15) is 0 Å². The maximum atomic E-state index is 11.3. The Morgan fingerprint density at radius 2 is 2.19 bits per heavy atom. The highest BCUT2D eigenvalue weighted by molar-refractivity contribution is 7.20. The number of thiophene rings is 1. The van der Waals surface area contributed by atoms with Crippen molar-refractivity contribution in [3.63, 3.8) is 0 Å². The van der Waals surface area contributed by atoms with Gasteiger partial charge >= 0.3 is 5.97 Å². The van der Waals surface area contributed by atoms with Crippen LogP contribution in [0.25, 0.3) is 10.1 Å². The van der Waals surface area contributed by atoms with Gasteiger partial charge in [-0.15, -0.1) is 11.3 Å². The van der Waals surface area contributed by atoms with E-state index in [4.69, 9.17) is 0 Å². The summed E-state index contributed by atoms with van der Waals surface area (Å²) in [5.41, 5.74) is 0.943. The van der Waals surface area contributed by atoms with Crippen LogP contribution in [0.15, 0.2) is 24.3 Å². The molecule has 5 heteroatoms. The molecule has 0 spiro atoms. The number of carbonyl (C=O) groups excluding carboxylic acids is 1. The molecule has 1 atom stereocenters. The molecule has 0 aliphatic heterocycles. The Bertz CT molecular complexity index is 535. The summed E-state index contributed by atoms with van der Waals surface area (Å²) in [6.45, 7) is 0. The predicted molar refractivity (Wildman–Crippen MR) is 67.0 cm³/mol. The molecule has 0 amide bonds. The van der Waals surface area contributed by atoms with Crippen LogP contribution in [-0.2, 0) is 9.53 Å². The highest BCUT2D eigenvalue weighted by Crippen LogP contribution is 2.27. The summed E-state index contributed by atoms with van der Waals surface area (Å²) in [5, 5.41) is 10.9. The number of rotatable bonds is 2. The Morgan fingerprint density at radius 3 is 2.81 bits per heavy atom. The molecule has 3 nitrogen and oxygen atoms in total. The van der Waals surface area contributed by atoms with Gasteiger partial charge in [-0.05, 0) is 11.5 Å². The Balaban J connectivity index is 2.53. The molecule has 1 N–H and O–H groups in total. The van der Waals surface area contributed by atoms with E-state index in [-0.39, 0.29) is 0 Å². The van der Waals surface area contributed by atoms with Crippen LogP contribution < -0.4 is 5.46 Å². The van der Waals surface area contributed by atoms with Gasteiger partial charge in [0.05, 0.1) is 7.11 Å². The van der Waals surface area contributed by atoms with Gasteiger partial charge in [0.2, 0.25) is 0 Å². The summed E-state index contributed by atoms with van der Waals surface area (Å²) in [7, 11) is 3.18. The van der Waals surface area contributed by atoms with Gasteiger partial charge in [0.1, 0.15) is 7.85 Å². The molecule has 82 valence electrons. The fraction of sp³-hybridized carbons (Fsp3) is 0.182. The number of hydrogen-bond donors (Lipinski definition) is 1. The normalized spacial score (nSPS) is 12.6. The van der Waals surface area contributed by atoms with E-state index in [2.05, 4.69) is 4.74 Å². The molecule has 0 saturated heterocycles. The van der Waals surface area contributed by atoms with E-state index in [0.717, 1.165) is 15.5 Å². The molecule has 1 aromatic heterocycles.